The van der Waals surface area contributed by atoms with Crippen molar-refractivity contribution in [3.8, 4) is 22.5 Å². The van der Waals surface area contributed by atoms with Crippen molar-refractivity contribution in [2.24, 2.45) is 0 Å². The lowest BCUT2D eigenvalue weighted by Gasteiger charge is -2.22. The number of amides is 1. The Bertz CT molecular complexity index is 1490. The van der Waals surface area contributed by atoms with E-state index in [9.17, 15) is 14.7 Å². The van der Waals surface area contributed by atoms with Gasteiger partial charge < -0.3 is 14.4 Å². The zero-order valence-corrected chi connectivity index (χ0v) is 23.9. The average molecular weight is 640 g/mol. The minimum atomic E-state index is -0.764. The van der Waals surface area contributed by atoms with E-state index in [1.807, 2.05) is 66.7 Å². The zero-order chi connectivity index (χ0) is 27.0. The van der Waals surface area contributed by atoms with E-state index in [1.54, 1.807) is 13.8 Å². The number of carboxylic acid groups (broad SMARTS) is 1. The highest BCUT2D eigenvalue weighted by molar-refractivity contribution is 9.11. The van der Waals surface area contributed by atoms with Crippen LogP contribution in [-0.2, 0) is 14.9 Å². The first-order valence-corrected chi connectivity index (χ1v) is 13.7. The smallest absolute Gasteiger partial charge is 0.419 e. The van der Waals surface area contributed by atoms with Crippen molar-refractivity contribution in [1.29, 1.82) is 0 Å². The van der Waals surface area contributed by atoms with Crippen LogP contribution < -0.4 is 4.90 Å². The standard InChI is InChI=1S/C29H24Br2N2O5/c1-3-37-28(36)33(24-15-22(30)14-23(31)16-24)25-17(2)32-38-26(25)20-6-4-18(5-7-20)19-8-10-21(11-9-19)29(12-13-29)27(34)35/h4-11,14-16H,3,12-13H2,1-2H3,(H,34,35). The molecule has 38 heavy (non-hydrogen) atoms. The van der Waals surface area contributed by atoms with Crippen molar-refractivity contribution in [2.75, 3.05) is 11.5 Å². The largest absolute Gasteiger partial charge is 0.481 e. The fourth-order valence-corrected chi connectivity index (χ4v) is 5.82. The maximum atomic E-state index is 13.2. The Morgan fingerprint density at radius 2 is 1.53 bits per heavy atom. The van der Waals surface area contributed by atoms with Crippen molar-refractivity contribution >= 4 is 55.3 Å². The highest BCUT2D eigenvalue weighted by Gasteiger charge is 2.51. The third-order valence-corrected chi connectivity index (χ3v) is 7.60. The SMILES string of the molecule is CCOC(=O)N(c1cc(Br)cc(Br)c1)c1c(C)noc1-c1ccc(-c2ccc(C3(C(=O)O)CC3)cc2)cc1. The molecule has 1 aliphatic carbocycles. The topological polar surface area (TPSA) is 92.9 Å². The van der Waals surface area contributed by atoms with Crippen LogP contribution in [0.15, 0.2) is 80.2 Å². The Kier molecular flexibility index (Phi) is 7.15. The molecule has 1 N–H and O–H groups in total. The number of nitrogens with zero attached hydrogens (tertiary/aromatic N) is 2. The number of aliphatic carboxylic acids is 1. The molecule has 0 saturated heterocycles. The number of carbonyl (C=O) groups excluding carboxylic acids is 1. The number of carbonyl (C=O) groups is 2. The number of hydrogen-bond donors (Lipinski definition) is 1. The molecule has 1 aromatic heterocycles. The summed E-state index contributed by atoms with van der Waals surface area (Å²) in [6.07, 6.45) is 0.806. The van der Waals surface area contributed by atoms with Gasteiger partial charge in [0, 0.05) is 14.5 Å². The van der Waals surface area contributed by atoms with Gasteiger partial charge in [-0.15, -0.1) is 0 Å². The van der Waals surface area contributed by atoms with E-state index in [1.165, 1.54) is 4.90 Å². The van der Waals surface area contributed by atoms with Gasteiger partial charge in [-0.05, 0) is 61.6 Å². The van der Waals surface area contributed by atoms with E-state index in [-0.39, 0.29) is 6.61 Å². The Balaban J connectivity index is 1.49. The van der Waals surface area contributed by atoms with Crippen LogP contribution in [0.4, 0.5) is 16.2 Å². The zero-order valence-electron chi connectivity index (χ0n) is 20.7. The Morgan fingerprint density at radius 1 is 0.974 bits per heavy atom. The van der Waals surface area contributed by atoms with Gasteiger partial charge in [0.15, 0.2) is 5.76 Å². The first kappa shape index (κ1) is 26.2. The van der Waals surface area contributed by atoms with Crippen molar-refractivity contribution in [3.05, 3.63) is 86.9 Å². The van der Waals surface area contributed by atoms with Gasteiger partial charge in [0.05, 0.1) is 17.7 Å². The fourth-order valence-electron chi connectivity index (χ4n) is 4.55. The third kappa shape index (κ3) is 4.88. The van der Waals surface area contributed by atoms with Crippen LogP contribution in [0.3, 0.4) is 0 Å². The van der Waals surface area contributed by atoms with E-state index in [2.05, 4.69) is 37.0 Å². The molecule has 0 aliphatic heterocycles. The Hall–Kier alpha value is -3.43. The maximum absolute atomic E-state index is 13.2. The number of hydrogen-bond acceptors (Lipinski definition) is 5. The monoisotopic (exact) mass is 638 g/mol. The first-order valence-electron chi connectivity index (χ1n) is 12.1. The predicted molar refractivity (Wildman–Crippen MR) is 152 cm³/mol. The van der Waals surface area contributed by atoms with E-state index < -0.39 is 17.5 Å². The van der Waals surface area contributed by atoms with Gasteiger partial charge >= 0.3 is 12.1 Å². The molecule has 1 aliphatic rings. The van der Waals surface area contributed by atoms with Crippen molar-refractivity contribution in [3.63, 3.8) is 0 Å². The van der Waals surface area contributed by atoms with Gasteiger partial charge in [0.1, 0.15) is 11.4 Å². The van der Waals surface area contributed by atoms with Crippen molar-refractivity contribution in [2.45, 2.75) is 32.1 Å². The van der Waals surface area contributed by atoms with Crippen LogP contribution in [0.25, 0.3) is 22.5 Å². The fraction of sp³-hybridized carbons (Fsp3) is 0.207. The number of halogens is 2. The summed E-state index contributed by atoms with van der Waals surface area (Å²) in [5, 5.41) is 13.7. The van der Waals surface area contributed by atoms with E-state index in [0.717, 1.165) is 31.2 Å². The van der Waals surface area contributed by atoms with Crippen LogP contribution in [0.2, 0.25) is 0 Å². The highest BCUT2D eigenvalue weighted by Crippen LogP contribution is 2.48. The van der Waals surface area contributed by atoms with Gasteiger partial charge in [-0.2, -0.15) is 0 Å². The van der Waals surface area contributed by atoms with Crippen LogP contribution in [0, 0.1) is 6.92 Å². The highest BCUT2D eigenvalue weighted by atomic mass is 79.9. The second kappa shape index (κ2) is 10.4. The molecular weight excluding hydrogens is 616 g/mol. The molecule has 3 aromatic carbocycles. The normalized spacial score (nSPS) is 13.7. The maximum Gasteiger partial charge on any atom is 0.419 e. The summed E-state index contributed by atoms with van der Waals surface area (Å²) in [7, 11) is 0. The number of aromatic nitrogens is 1. The van der Waals surface area contributed by atoms with Crippen LogP contribution in [0.1, 0.15) is 31.0 Å². The number of anilines is 2. The molecule has 7 nitrogen and oxygen atoms in total. The van der Waals surface area contributed by atoms with Gasteiger partial charge in [-0.25, -0.2) is 9.69 Å². The lowest BCUT2D eigenvalue weighted by atomic mass is 9.93. The molecule has 1 amide bonds. The first-order chi connectivity index (χ1) is 18.2. The third-order valence-electron chi connectivity index (χ3n) is 6.69. The predicted octanol–water partition coefficient (Wildman–Crippen LogP) is 8.25. The van der Waals surface area contributed by atoms with Gasteiger partial charge in [0.25, 0.3) is 0 Å². The minimum absolute atomic E-state index is 0.214. The molecule has 194 valence electrons. The van der Waals surface area contributed by atoms with Crippen molar-refractivity contribution in [1.82, 2.24) is 5.16 Å². The second-order valence-corrected chi connectivity index (χ2v) is 11.0. The summed E-state index contributed by atoms with van der Waals surface area (Å²) < 4.78 is 12.7. The summed E-state index contributed by atoms with van der Waals surface area (Å²) in [4.78, 5) is 26.3. The van der Waals surface area contributed by atoms with E-state index in [4.69, 9.17) is 9.26 Å². The molecule has 0 spiro atoms. The average Bonchev–Trinajstić information content (AvgIpc) is 3.63. The van der Waals surface area contributed by atoms with Crippen molar-refractivity contribution < 1.29 is 24.0 Å². The molecular formula is C29H24Br2N2O5. The quantitative estimate of drug-likeness (QED) is 0.219. The van der Waals surface area contributed by atoms with E-state index in [0.29, 0.717) is 35.7 Å². The molecule has 9 heteroatoms. The van der Waals surface area contributed by atoms with E-state index >= 15 is 0 Å². The number of carboxylic acids is 1. The van der Waals surface area contributed by atoms with Gasteiger partial charge in [0.2, 0.25) is 0 Å². The van der Waals surface area contributed by atoms with Crippen LogP contribution >= 0.6 is 31.9 Å². The molecule has 0 unspecified atom stereocenters. The minimum Gasteiger partial charge on any atom is -0.481 e. The molecule has 0 bridgehead atoms. The van der Waals surface area contributed by atoms with Crippen LogP contribution in [0.5, 0.6) is 0 Å². The van der Waals surface area contributed by atoms with Gasteiger partial charge in [-0.3, -0.25) is 4.79 Å². The van der Waals surface area contributed by atoms with Gasteiger partial charge in [-0.1, -0.05) is 85.5 Å². The molecule has 1 fully saturated rings. The van der Waals surface area contributed by atoms with Crippen LogP contribution in [-0.4, -0.2) is 28.9 Å². The molecule has 0 radical (unpaired) electrons. The summed E-state index contributed by atoms with van der Waals surface area (Å²) in [6, 6.07) is 21.0. The summed E-state index contributed by atoms with van der Waals surface area (Å²) in [5.74, 6) is -0.328. The summed E-state index contributed by atoms with van der Waals surface area (Å²) in [5.41, 5.74) is 4.42. The number of benzene rings is 3. The molecule has 0 atom stereocenters. The Labute approximate surface area is 236 Å². The number of ether oxygens (including phenoxy) is 1. The second-order valence-electron chi connectivity index (χ2n) is 9.15. The number of aryl methyl sites for hydroxylation is 1. The molecule has 5 rings (SSSR count). The summed E-state index contributed by atoms with van der Waals surface area (Å²) in [6.45, 7) is 3.75. The number of rotatable bonds is 7. The lowest BCUT2D eigenvalue weighted by molar-refractivity contribution is -0.140. The lowest BCUT2D eigenvalue weighted by Crippen LogP contribution is -2.27. The molecule has 1 heterocycles. The summed E-state index contributed by atoms with van der Waals surface area (Å²) >= 11 is 6.99. The Morgan fingerprint density at radius 3 is 2.05 bits per heavy atom. The molecule has 4 aromatic rings. The molecule has 1 saturated carbocycles.